The van der Waals surface area contributed by atoms with Gasteiger partial charge in [0.2, 0.25) is 0 Å². The molecule has 0 saturated carbocycles. The molecule has 2 rings (SSSR count). The number of carbonyl (C=O) groups is 1. The monoisotopic (exact) mass is 217 g/mol. The van der Waals surface area contributed by atoms with Gasteiger partial charge in [0.15, 0.2) is 5.78 Å². The van der Waals surface area contributed by atoms with Crippen LogP contribution in [0.25, 0.3) is 10.9 Å². The van der Waals surface area contributed by atoms with Gasteiger partial charge in [0.1, 0.15) is 5.75 Å². The minimum absolute atomic E-state index is 0.0440. The topological polar surface area (TPSA) is 42.1 Å². The summed E-state index contributed by atoms with van der Waals surface area (Å²) in [6.45, 7) is 5.52. The number of hydrogen-bond donors (Lipinski definition) is 1. The number of carbonyl (C=O) groups excluding carboxylic acids is 1. The van der Waals surface area contributed by atoms with E-state index in [0.717, 1.165) is 16.7 Å². The minimum atomic E-state index is 0.0440. The smallest absolute Gasteiger partial charge is 0.175 e. The van der Waals surface area contributed by atoms with Crippen LogP contribution in [0.3, 0.4) is 0 Å². The highest BCUT2D eigenvalue weighted by Gasteiger charge is 2.06. The number of fused-ring (bicyclic) bond motifs is 1. The predicted octanol–water partition coefficient (Wildman–Crippen LogP) is 3.16. The van der Waals surface area contributed by atoms with Crippen molar-refractivity contribution >= 4 is 16.7 Å². The Kier molecular flexibility index (Phi) is 2.69. The molecule has 0 amide bonds. The zero-order chi connectivity index (χ0) is 11.7. The lowest BCUT2D eigenvalue weighted by molar-refractivity contribution is 0.101. The van der Waals surface area contributed by atoms with E-state index in [1.54, 1.807) is 6.92 Å². The van der Waals surface area contributed by atoms with Gasteiger partial charge in [-0.1, -0.05) is 0 Å². The van der Waals surface area contributed by atoms with Crippen LogP contribution in [0.5, 0.6) is 5.75 Å². The van der Waals surface area contributed by atoms with Crippen molar-refractivity contribution in [3.63, 3.8) is 0 Å². The number of aromatic amines is 1. The zero-order valence-corrected chi connectivity index (χ0v) is 9.70. The van der Waals surface area contributed by atoms with Crippen molar-refractivity contribution in [2.75, 3.05) is 0 Å². The molecule has 2 aromatic rings. The van der Waals surface area contributed by atoms with E-state index in [1.165, 1.54) is 0 Å². The number of nitrogens with one attached hydrogen (secondary N) is 1. The molecule has 0 aliphatic heterocycles. The Hall–Kier alpha value is -1.77. The van der Waals surface area contributed by atoms with Crippen molar-refractivity contribution < 1.29 is 9.53 Å². The normalized spacial score (nSPS) is 11.0. The first kappa shape index (κ1) is 10.7. The molecule has 1 N–H and O–H groups in total. The summed E-state index contributed by atoms with van der Waals surface area (Å²) in [5.41, 5.74) is 1.57. The zero-order valence-electron chi connectivity index (χ0n) is 9.70. The number of ether oxygens (including phenoxy) is 1. The quantitative estimate of drug-likeness (QED) is 0.802. The minimum Gasteiger partial charge on any atom is -0.491 e. The summed E-state index contributed by atoms with van der Waals surface area (Å²) in [6.07, 6.45) is 0.152. The summed E-state index contributed by atoms with van der Waals surface area (Å²) < 4.78 is 5.59. The van der Waals surface area contributed by atoms with Gasteiger partial charge < -0.3 is 9.72 Å². The molecule has 0 aliphatic carbocycles. The summed E-state index contributed by atoms with van der Waals surface area (Å²) in [5, 5.41) is 1.03. The summed E-state index contributed by atoms with van der Waals surface area (Å²) in [7, 11) is 0. The Bertz CT molecular complexity index is 526. The van der Waals surface area contributed by atoms with Crippen molar-refractivity contribution in [3.05, 3.63) is 30.0 Å². The average molecular weight is 217 g/mol. The standard InChI is InChI=1S/C13H15NO2/c1-8(2)16-11-5-4-10-6-12(9(3)15)14-13(10)7-11/h4-8,14H,1-3H3. The molecule has 0 saturated heterocycles. The number of aromatic nitrogens is 1. The lowest BCUT2D eigenvalue weighted by Gasteiger charge is -2.08. The predicted molar refractivity (Wildman–Crippen MR) is 64.1 cm³/mol. The number of Topliss-reactive ketones (excluding diaryl/α,β-unsaturated/α-hetero) is 1. The van der Waals surface area contributed by atoms with Gasteiger partial charge in [-0.05, 0) is 32.0 Å². The van der Waals surface area contributed by atoms with Gasteiger partial charge in [-0.3, -0.25) is 4.79 Å². The SMILES string of the molecule is CC(=O)c1cc2ccc(OC(C)C)cc2[nH]1. The lowest BCUT2D eigenvalue weighted by atomic mass is 10.2. The maximum atomic E-state index is 11.2. The Balaban J connectivity index is 2.41. The Labute approximate surface area is 94.4 Å². The van der Waals surface area contributed by atoms with Gasteiger partial charge in [0.05, 0.1) is 11.8 Å². The van der Waals surface area contributed by atoms with Gasteiger partial charge >= 0.3 is 0 Å². The van der Waals surface area contributed by atoms with Gasteiger partial charge in [-0.15, -0.1) is 0 Å². The van der Waals surface area contributed by atoms with E-state index in [-0.39, 0.29) is 11.9 Å². The van der Waals surface area contributed by atoms with Crippen LogP contribution in [-0.2, 0) is 0 Å². The third kappa shape index (κ3) is 2.08. The van der Waals surface area contributed by atoms with Gasteiger partial charge in [0.25, 0.3) is 0 Å². The Morgan fingerprint density at radius 1 is 1.31 bits per heavy atom. The van der Waals surface area contributed by atoms with Crippen molar-refractivity contribution in [1.29, 1.82) is 0 Å². The number of rotatable bonds is 3. The van der Waals surface area contributed by atoms with E-state index in [9.17, 15) is 4.79 Å². The lowest BCUT2D eigenvalue weighted by Crippen LogP contribution is -2.05. The molecule has 1 heterocycles. The number of hydrogen-bond acceptors (Lipinski definition) is 2. The molecule has 0 fully saturated rings. The Morgan fingerprint density at radius 3 is 2.69 bits per heavy atom. The molecule has 0 aliphatic rings. The molecule has 3 heteroatoms. The summed E-state index contributed by atoms with van der Waals surface area (Å²) >= 11 is 0. The van der Waals surface area contributed by atoms with E-state index in [0.29, 0.717) is 5.69 Å². The van der Waals surface area contributed by atoms with Crippen LogP contribution in [0.15, 0.2) is 24.3 Å². The molecular formula is C13H15NO2. The van der Waals surface area contributed by atoms with E-state index in [4.69, 9.17) is 4.74 Å². The maximum absolute atomic E-state index is 11.2. The third-order valence-corrected chi connectivity index (χ3v) is 2.35. The first-order chi connectivity index (χ1) is 7.56. The van der Waals surface area contributed by atoms with Crippen LogP contribution < -0.4 is 4.74 Å². The maximum Gasteiger partial charge on any atom is 0.175 e. The highest BCUT2D eigenvalue weighted by atomic mass is 16.5. The van der Waals surface area contributed by atoms with E-state index in [1.807, 2.05) is 38.1 Å². The van der Waals surface area contributed by atoms with E-state index in [2.05, 4.69) is 4.98 Å². The molecule has 0 atom stereocenters. The summed E-state index contributed by atoms with van der Waals surface area (Å²) in [5.74, 6) is 0.863. The van der Waals surface area contributed by atoms with Crippen molar-refractivity contribution in [1.82, 2.24) is 4.98 Å². The summed E-state index contributed by atoms with van der Waals surface area (Å²) in [6, 6.07) is 7.65. The molecule has 1 aromatic heterocycles. The fourth-order valence-electron chi connectivity index (χ4n) is 1.64. The highest BCUT2D eigenvalue weighted by molar-refractivity contribution is 5.98. The summed E-state index contributed by atoms with van der Waals surface area (Å²) in [4.78, 5) is 14.3. The van der Waals surface area contributed by atoms with Crippen LogP contribution in [0, 0.1) is 0 Å². The largest absolute Gasteiger partial charge is 0.491 e. The van der Waals surface area contributed by atoms with Crippen molar-refractivity contribution in [2.45, 2.75) is 26.9 Å². The number of ketones is 1. The molecule has 0 spiro atoms. The first-order valence-corrected chi connectivity index (χ1v) is 5.36. The van der Waals surface area contributed by atoms with Crippen LogP contribution in [-0.4, -0.2) is 16.9 Å². The molecule has 1 aromatic carbocycles. The molecule has 0 bridgehead atoms. The molecule has 84 valence electrons. The van der Waals surface area contributed by atoms with Crippen LogP contribution >= 0.6 is 0 Å². The van der Waals surface area contributed by atoms with Gasteiger partial charge in [-0.25, -0.2) is 0 Å². The molecule has 3 nitrogen and oxygen atoms in total. The number of benzene rings is 1. The van der Waals surface area contributed by atoms with Gasteiger partial charge in [0, 0.05) is 23.9 Å². The van der Waals surface area contributed by atoms with Gasteiger partial charge in [-0.2, -0.15) is 0 Å². The second kappa shape index (κ2) is 4.00. The Morgan fingerprint density at radius 2 is 2.06 bits per heavy atom. The molecule has 0 unspecified atom stereocenters. The van der Waals surface area contributed by atoms with Crippen LogP contribution in [0.1, 0.15) is 31.3 Å². The third-order valence-electron chi connectivity index (χ3n) is 2.35. The average Bonchev–Trinajstić information content (AvgIpc) is 2.59. The molecular weight excluding hydrogens is 202 g/mol. The number of H-pyrrole nitrogens is 1. The van der Waals surface area contributed by atoms with E-state index >= 15 is 0 Å². The van der Waals surface area contributed by atoms with Crippen molar-refractivity contribution in [2.24, 2.45) is 0 Å². The first-order valence-electron chi connectivity index (χ1n) is 5.36. The van der Waals surface area contributed by atoms with E-state index < -0.39 is 0 Å². The van der Waals surface area contributed by atoms with Crippen molar-refractivity contribution in [3.8, 4) is 5.75 Å². The second-order valence-corrected chi connectivity index (χ2v) is 4.15. The molecule has 0 radical (unpaired) electrons. The highest BCUT2D eigenvalue weighted by Crippen LogP contribution is 2.22. The fraction of sp³-hybridized carbons (Fsp3) is 0.308. The fourth-order valence-corrected chi connectivity index (χ4v) is 1.64. The second-order valence-electron chi connectivity index (χ2n) is 4.15. The molecule has 16 heavy (non-hydrogen) atoms. The van der Waals surface area contributed by atoms with Crippen LogP contribution in [0.4, 0.5) is 0 Å². The van der Waals surface area contributed by atoms with Crippen LogP contribution in [0.2, 0.25) is 0 Å².